The van der Waals surface area contributed by atoms with E-state index in [0.717, 1.165) is 23.2 Å². The highest BCUT2D eigenvalue weighted by molar-refractivity contribution is 9.10. The fraction of sp³-hybridized carbons (Fsp3) is 0.294. The Labute approximate surface area is 129 Å². The summed E-state index contributed by atoms with van der Waals surface area (Å²) in [4.78, 5) is 0. The number of hydrogen-bond acceptors (Lipinski definition) is 2. The molecule has 2 nitrogen and oxygen atoms in total. The maximum absolute atomic E-state index is 5.77. The highest BCUT2D eigenvalue weighted by Crippen LogP contribution is 2.23. The molecule has 2 rings (SSSR count). The average Bonchev–Trinajstić information content (AvgIpc) is 2.48. The number of benzene rings is 2. The van der Waals surface area contributed by atoms with Crippen LogP contribution in [0.5, 0.6) is 5.75 Å². The zero-order chi connectivity index (χ0) is 14.2. The SMILES string of the molecule is CC(CCOc1ccccc1Br)NCc1ccccc1. The fourth-order valence-corrected chi connectivity index (χ4v) is 2.30. The Hall–Kier alpha value is -1.32. The molecule has 0 aliphatic carbocycles. The van der Waals surface area contributed by atoms with Crippen molar-refractivity contribution in [3.8, 4) is 5.75 Å². The molecule has 2 aromatic carbocycles. The van der Waals surface area contributed by atoms with Gasteiger partial charge in [0.25, 0.3) is 0 Å². The Morgan fingerprint density at radius 2 is 1.75 bits per heavy atom. The Balaban J connectivity index is 1.68. The van der Waals surface area contributed by atoms with Crippen molar-refractivity contribution >= 4 is 15.9 Å². The van der Waals surface area contributed by atoms with Crippen LogP contribution >= 0.6 is 15.9 Å². The van der Waals surface area contributed by atoms with Gasteiger partial charge in [-0.2, -0.15) is 0 Å². The van der Waals surface area contributed by atoms with E-state index in [1.54, 1.807) is 0 Å². The summed E-state index contributed by atoms with van der Waals surface area (Å²) < 4.78 is 6.78. The summed E-state index contributed by atoms with van der Waals surface area (Å²) in [5.41, 5.74) is 1.31. The van der Waals surface area contributed by atoms with Crippen LogP contribution in [0.15, 0.2) is 59.1 Å². The maximum Gasteiger partial charge on any atom is 0.133 e. The molecule has 2 aromatic rings. The van der Waals surface area contributed by atoms with Gasteiger partial charge in [-0.05, 0) is 47.0 Å². The molecule has 0 radical (unpaired) electrons. The van der Waals surface area contributed by atoms with Gasteiger partial charge < -0.3 is 10.1 Å². The second-order valence-electron chi connectivity index (χ2n) is 4.84. The van der Waals surface area contributed by atoms with E-state index >= 15 is 0 Å². The molecule has 1 atom stereocenters. The van der Waals surface area contributed by atoms with Crippen molar-refractivity contribution in [1.29, 1.82) is 0 Å². The number of halogens is 1. The number of ether oxygens (including phenoxy) is 1. The fourth-order valence-electron chi connectivity index (χ4n) is 1.90. The van der Waals surface area contributed by atoms with E-state index in [9.17, 15) is 0 Å². The lowest BCUT2D eigenvalue weighted by atomic mass is 10.2. The van der Waals surface area contributed by atoms with Crippen molar-refractivity contribution in [2.75, 3.05) is 6.61 Å². The zero-order valence-corrected chi connectivity index (χ0v) is 13.3. The van der Waals surface area contributed by atoms with Crippen molar-refractivity contribution in [1.82, 2.24) is 5.32 Å². The Morgan fingerprint density at radius 1 is 1.05 bits per heavy atom. The lowest BCUT2D eigenvalue weighted by Crippen LogP contribution is -2.27. The molecule has 106 valence electrons. The van der Waals surface area contributed by atoms with Crippen molar-refractivity contribution in [3.63, 3.8) is 0 Å². The molecule has 0 aromatic heterocycles. The Kier molecular flexibility index (Phi) is 6.09. The second kappa shape index (κ2) is 8.08. The zero-order valence-electron chi connectivity index (χ0n) is 11.7. The third-order valence-corrected chi connectivity index (χ3v) is 3.80. The van der Waals surface area contributed by atoms with E-state index < -0.39 is 0 Å². The van der Waals surface area contributed by atoms with Gasteiger partial charge in [0.15, 0.2) is 0 Å². The minimum absolute atomic E-state index is 0.428. The summed E-state index contributed by atoms with van der Waals surface area (Å²) in [6, 6.07) is 18.8. The van der Waals surface area contributed by atoms with E-state index in [0.29, 0.717) is 12.6 Å². The molecule has 0 aliphatic heterocycles. The smallest absolute Gasteiger partial charge is 0.133 e. The molecule has 0 amide bonds. The number of hydrogen-bond donors (Lipinski definition) is 1. The van der Waals surface area contributed by atoms with Gasteiger partial charge in [0.2, 0.25) is 0 Å². The van der Waals surface area contributed by atoms with E-state index in [1.807, 2.05) is 30.3 Å². The van der Waals surface area contributed by atoms with Gasteiger partial charge in [-0.15, -0.1) is 0 Å². The van der Waals surface area contributed by atoms with Crippen LogP contribution < -0.4 is 10.1 Å². The van der Waals surface area contributed by atoms with Gasteiger partial charge in [-0.3, -0.25) is 0 Å². The van der Waals surface area contributed by atoms with Gasteiger partial charge in [-0.25, -0.2) is 0 Å². The largest absolute Gasteiger partial charge is 0.492 e. The van der Waals surface area contributed by atoms with Gasteiger partial charge in [0, 0.05) is 12.6 Å². The molecule has 0 aliphatic rings. The van der Waals surface area contributed by atoms with Crippen molar-refractivity contribution in [2.45, 2.75) is 25.9 Å². The van der Waals surface area contributed by atoms with Crippen molar-refractivity contribution in [2.24, 2.45) is 0 Å². The average molecular weight is 334 g/mol. The standard InChI is InChI=1S/C17H20BrNO/c1-14(19-13-15-7-3-2-4-8-15)11-12-20-17-10-6-5-9-16(17)18/h2-10,14,19H,11-13H2,1H3. The number of rotatable bonds is 7. The molecule has 3 heteroatoms. The Morgan fingerprint density at radius 3 is 2.50 bits per heavy atom. The highest BCUT2D eigenvalue weighted by atomic mass is 79.9. The van der Waals surface area contributed by atoms with Crippen molar-refractivity contribution < 1.29 is 4.74 Å². The normalized spacial score (nSPS) is 12.1. The van der Waals surface area contributed by atoms with Gasteiger partial charge in [0.1, 0.15) is 5.75 Å². The molecule has 1 N–H and O–H groups in total. The molecule has 0 spiro atoms. The minimum Gasteiger partial charge on any atom is -0.492 e. The molecule has 0 bridgehead atoms. The highest BCUT2D eigenvalue weighted by Gasteiger charge is 2.03. The molecule has 0 saturated heterocycles. The third kappa shape index (κ3) is 4.99. The van der Waals surface area contributed by atoms with Crippen LogP contribution in [0.25, 0.3) is 0 Å². The van der Waals surface area contributed by atoms with E-state index in [1.165, 1.54) is 5.56 Å². The first-order valence-electron chi connectivity index (χ1n) is 6.90. The van der Waals surface area contributed by atoms with Gasteiger partial charge >= 0.3 is 0 Å². The first-order valence-corrected chi connectivity index (χ1v) is 7.69. The summed E-state index contributed by atoms with van der Waals surface area (Å²) in [6.45, 7) is 3.80. The summed E-state index contributed by atoms with van der Waals surface area (Å²) in [7, 11) is 0. The third-order valence-electron chi connectivity index (χ3n) is 3.14. The lowest BCUT2D eigenvalue weighted by Gasteiger charge is -2.15. The van der Waals surface area contributed by atoms with Gasteiger partial charge in [-0.1, -0.05) is 42.5 Å². The van der Waals surface area contributed by atoms with Crippen LogP contribution in [0.1, 0.15) is 18.9 Å². The van der Waals surface area contributed by atoms with Crippen LogP contribution in [0.4, 0.5) is 0 Å². The lowest BCUT2D eigenvalue weighted by molar-refractivity contribution is 0.288. The topological polar surface area (TPSA) is 21.3 Å². The van der Waals surface area contributed by atoms with Crippen molar-refractivity contribution in [3.05, 3.63) is 64.6 Å². The number of nitrogens with one attached hydrogen (secondary N) is 1. The summed E-state index contributed by atoms with van der Waals surface area (Å²) in [6.07, 6.45) is 0.980. The molecule has 0 fully saturated rings. The number of para-hydroxylation sites is 1. The molecule has 0 saturated carbocycles. The van der Waals surface area contributed by atoms with Crippen LogP contribution in [-0.4, -0.2) is 12.6 Å². The van der Waals surface area contributed by atoms with Crippen LogP contribution in [0, 0.1) is 0 Å². The molecular weight excluding hydrogens is 314 g/mol. The first kappa shape index (κ1) is 15.1. The van der Waals surface area contributed by atoms with Gasteiger partial charge in [0.05, 0.1) is 11.1 Å². The van der Waals surface area contributed by atoms with Crippen LogP contribution in [-0.2, 0) is 6.54 Å². The first-order chi connectivity index (χ1) is 9.75. The summed E-state index contributed by atoms with van der Waals surface area (Å²) >= 11 is 3.48. The van der Waals surface area contributed by atoms with Crippen LogP contribution in [0.3, 0.4) is 0 Å². The summed E-state index contributed by atoms with van der Waals surface area (Å²) in [5, 5.41) is 3.51. The monoisotopic (exact) mass is 333 g/mol. The molecule has 0 heterocycles. The second-order valence-corrected chi connectivity index (χ2v) is 5.69. The maximum atomic E-state index is 5.77. The van der Waals surface area contributed by atoms with E-state index in [2.05, 4.69) is 52.4 Å². The molecule has 20 heavy (non-hydrogen) atoms. The van der Waals surface area contributed by atoms with Crippen LogP contribution in [0.2, 0.25) is 0 Å². The quantitative estimate of drug-likeness (QED) is 0.810. The predicted octanol–water partition coefficient (Wildman–Crippen LogP) is 4.40. The predicted molar refractivity (Wildman–Crippen MR) is 87.0 cm³/mol. The minimum atomic E-state index is 0.428. The Bertz CT molecular complexity index is 515. The molecule has 1 unspecified atom stereocenters. The van der Waals surface area contributed by atoms with E-state index in [-0.39, 0.29) is 0 Å². The van der Waals surface area contributed by atoms with E-state index in [4.69, 9.17) is 4.74 Å². The molecular formula is C17H20BrNO. The summed E-state index contributed by atoms with van der Waals surface area (Å²) in [5.74, 6) is 0.905.